The average Bonchev–Trinajstić information content (AvgIpc) is 2.36. The Bertz CT molecular complexity index is 569. The molecule has 2 rings (SSSR count). The Morgan fingerprint density at radius 3 is 2.68 bits per heavy atom. The molecule has 0 fully saturated rings. The quantitative estimate of drug-likeness (QED) is 0.870. The van der Waals surface area contributed by atoms with Gasteiger partial charge in [-0.1, -0.05) is 15.9 Å². The molecular formula is C14H13BrFNO2. The van der Waals surface area contributed by atoms with E-state index in [1.165, 1.54) is 12.1 Å². The van der Waals surface area contributed by atoms with Crippen LogP contribution in [0, 0.1) is 5.82 Å². The monoisotopic (exact) mass is 325 g/mol. The van der Waals surface area contributed by atoms with Crippen molar-refractivity contribution in [3.05, 3.63) is 52.3 Å². The summed E-state index contributed by atoms with van der Waals surface area (Å²) in [5.41, 5.74) is 7.14. The third kappa shape index (κ3) is 3.61. The predicted molar refractivity (Wildman–Crippen MR) is 75.8 cm³/mol. The van der Waals surface area contributed by atoms with Crippen LogP contribution in [-0.2, 0) is 6.61 Å². The van der Waals surface area contributed by atoms with Crippen LogP contribution in [0.5, 0.6) is 11.5 Å². The van der Waals surface area contributed by atoms with E-state index in [1.54, 1.807) is 25.3 Å². The zero-order valence-electron chi connectivity index (χ0n) is 10.3. The fourth-order valence-corrected chi connectivity index (χ4v) is 2.10. The van der Waals surface area contributed by atoms with Crippen molar-refractivity contribution in [3.63, 3.8) is 0 Å². The van der Waals surface area contributed by atoms with E-state index >= 15 is 0 Å². The number of nitrogens with two attached hydrogens (primary N) is 1. The summed E-state index contributed by atoms with van der Waals surface area (Å²) < 4.78 is 24.6. The molecule has 0 atom stereocenters. The molecule has 100 valence electrons. The van der Waals surface area contributed by atoms with E-state index in [0.717, 1.165) is 5.56 Å². The van der Waals surface area contributed by atoms with E-state index in [-0.39, 0.29) is 12.4 Å². The number of halogens is 2. The molecule has 0 aliphatic heterocycles. The lowest BCUT2D eigenvalue weighted by molar-refractivity contribution is 0.295. The summed E-state index contributed by atoms with van der Waals surface area (Å²) in [7, 11) is 1.57. The van der Waals surface area contributed by atoms with Gasteiger partial charge in [0.1, 0.15) is 23.9 Å². The molecule has 19 heavy (non-hydrogen) atoms. The Morgan fingerprint density at radius 1 is 1.21 bits per heavy atom. The lowest BCUT2D eigenvalue weighted by Crippen LogP contribution is -2.00. The normalized spacial score (nSPS) is 10.3. The van der Waals surface area contributed by atoms with Gasteiger partial charge in [-0.3, -0.25) is 0 Å². The highest BCUT2D eigenvalue weighted by molar-refractivity contribution is 9.10. The molecule has 0 radical (unpaired) electrons. The third-order valence-electron chi connectivity index (χ3n) is 2.54. The molecule has 0 aromatic heterocycles. The van der Waals surface area contributed by atoms with Crippen LogP contribution in [0.25, 0.3) is 0 Å². The van der Waals surface area contributed by atoms with Crippen molar-refractivity contribution in [3.8, 4) is 11.5 Å². The highest BCUT2D eigenvalue weighted by atomic mass is 79.9. The fourth-order valence-electron chi connectivity index (χ4n) is 1.65. The van der Waals surface area contributed by atoms with Gasteiger partial charge < -0.3 is 15.2 Å². The highest BCUT2D eigenvalue weighted by Gasteiger charge is 2.06. The maximum atomic E-state index is 13.2. The minimum Gasteiger partial charge on any atom is -0.496 e. The molecule has 0 aliphatic carbocycles. The summed E-state index contributed by atoms with van der Waals surface area (Å²) in [6, 6.07) is 9.71. The zero-order chi connectivity index (χ0) is 13.8. The molecule has 0 spiro atoms. The first-order chi connectivity index (χ1) is 9.08. The standard InChI is InChI=1S/C14H13BrFNO2/c1-18-14-7-12(17)3-2-9(14)8-19-13-5-10(15)4-11(16)6-13/h2-7H,8,17H2,1H3. The van der Waals surface area contributed by atoms with Crippen LogP contribution in [0.4, 0.5) is 10.1 Å². The van der Waals surface area contributed by atoms with Gasteiger partial charge in [0.05, 0.1) is 7.11 Å². The molecule has 2 N–H and O–H groups in total. The van der Waals surface area contributed by atoms with Crippen molar-refractivity contribution in [1.82, 2.24) is 0 Å². The molecule has 0 heterocycles. The van der Waals surface area contributed by atoms with E-state index in [1.807, 2.05) is 6.07 Å². The Kier molecular flexibility index (Phi) is 4.27. The molecule has 3 nitrogen and oxygen atoms in total. The van der Waals surface area contributed by atoms with E-state index < -0.39 is 0 Å². The van der Waals surface area contributed by atoms with Crippen molar-refractivity contribution >= 4 is 21.6 Å². The van der Waals surface area contributed by atoms with Crippen molar-refractivity contribution in [2.24, 2.45) is 0 Å². The number of benzene rings is 2. The summed E-state index contributed by atoms with van der Waals surface area (Å²) in [6.07, 6.45) is 0. The molecule has 0 bridgehead atoms. The van der Waals surface area contributed by atoms with Crippen LogP contribution in [0.2, 0.25) is 0 Å². The van der Waals surface area contributed by atoms with Crippen molar-refractivity contribution in [2.75, 3.05) is 12.8 Å². The minimum absolute atomic E-state index is 0.277. The molecule has 0 aliphatic rings. The highest BCUT2D eigenvalue weighted by Crippen LogP contribution is 2.25. The van der Waals surface area contributed by atoms with E-state index in [2.05, 4.69) is 15.9 Å². The van der Waals surface area contributed by atoms with Crippen molar-refractivity contribution in [2.45, 2.75) is 6.61 Å². The largest absolute Gasteiger partial charge is 0.496 e. The fraction of sp³-hybridized carbons (Fsp3) is 0.143. The Morgan fingerprint density at radius 2 is 2.00 bits per heavy atom. The summed E-state index contributed by atoms with van der Waals surface area (Å²) in [6.45, 7) is 0.277. The van der Waals surface area contributed by atoms with E-state index in [4.69, 9.17) is 15.2 Å². The van der Waals surface area contributed by atoms with Crippen LogP contribution in [0.3, 0.4) is 0 Å². The van der Waals surface area contributed by atoms with Gasteiger partial charge in [0.2, 0.25) is 0 Å². The van der Waals surface area contributed by atoms with Crippen LogP contribution < -0.4 is 15.2 Å². The number of nitrogen functional groups attached to an aromatic ring is 1. The second-order valence-electron chi connectivity index (χ2n) is 3.97. The number of anilines is 1. The van der Waals surface area contributed by atoms with Gasteiger partial charge in [0.25, 0.3) is 0 Å². The van der Waals surface area contributed by atoms with E-state index in [9.17, 15) is 4.39 Å². The number of hydrogen-bond acceptors (Lipinski definition) is 3. The SMILES string of the molecule is COc1cc(N)ccc1COc1cc(F)cc(Br)c1. The van der Waals surface area contributed by atoms with Crippen molar-refractivity contribution < 1.29 is 13.9 Å². The molecule has 0 unspecified atom stereocenters. The van der Waals surface area contributed by atoms with Gasteiger partial charge in [-0.2, -0.15) is 0 Å². The molecule has 2 aromatic carbocycles. The minimum atomic E-state index is -0.353. The molecule has 5 heteroatoms. The van der Waals surface area contributed by atoms with Crippen LogP contribution in [0.15, 0.2) is 40.9 Å². The molecule has 0 saturated heterocycles. The maximum absolute atomic E-state index is 13.2. The lowest BCUT2D eigenvalue weighted by Gasteiger charge is -2.11. The van der Waals surface area contributed by atoms with Crippen molar-refractivity contribution in [1.29, 1.82) is 0 Å². The van der Waals surface area contributed by atoms with Gasteiger partial charge >= 0.3 is 0 Å². The summed E-state index contributed by atoms with van der Waals surface area (Å²) >= 11 is 3.22. The lowest BCUT2D eigenvalue weighted by atomic mass is 10.2. The average molecular weight is 326 g/mol. The predicted octanol–water partition coefficient (Wildman–Crippen LogP) is 3.76. The number of ether oxygens (including phenoxy) is 2. The van der Waals surface area contributed by atoms with Crippen LogP contribution in [0.1, 0.15) is 5.56 Å². The summed E-state index contributed by atoms with van der Waals surface area (Å²) in [5, 5.41) is 0. The Labute approximate surface area is 119 Å². The number of rotatable bonds is 4. The van der Waals surface area contributed by atoms with Crippen LogP contribution in [-0.4, -0.2) is 7.11 Å². The van der Waals surface area contributed by atoms with E-state index in [0.29, 0.717) is 21.7 Å². The number of hydrogen-bond donors (Lipinski definition) is 1. The molecule has 2 aromatic rings. The van der Waals surface area contributed by atoms with Gasteiger partial charge in [-0.15, -0.1) is 0 Å². The first-order valence-electron chi connectivity index (χ1n) is 5.60. The van der Waals surface area contributed by atoms with Gasteiger partial charge in [-0.25, -0.2) is 4.39 Å². The zero-order valence-corrected chi connectivity index (χ0v) is 11.9. The van der Waals surface area contributed by atoms with Gasteiger partial charge in [0.15, 0.2) is 0 Å². The molecule has 0 amide bonds. The van der Waals surface area contributed by atoms with Gasteiger partial charge in [0, 0.05) is 27.9 Å². The summed E-state index contributed by atoms with van der Waals surface area (Å²) in [5.74, 6) is 0.745. The topological polar surface area (TPSA) is 44.5 Å². The second kappa shape index (κ2) is 5.93. The third-order valence-corrected chi connectivity index (χ3v) is 3.00. The summed E-state index contributed by atoms with van der Waals surface area (Å²) in [4.78, 5) is 0. The Hall–Kier alpha value is -1.75. The first kappa shape index (κ1) is 13.7. The molecular weight excluding hydrogens is 313 g/mol. The van der Waals surface area contributed by atoms with Crippen LogP contribution >= 0.6 is 15.9 Å². The Balaban J connectivity index is 2.14. The second-order valence-corrected chi connectivity index (χ2v) is 4.88. The smallest absolute Gasteiger partial charge is 0.128 e. The van der Waals surface area contributed by atoms with Gasteiger partial charge in [-0.05, 0) is 24.3 Å². The maximum Gasteiger partial charge on any atom is 0.128 e. The number of methoxy groups -OCH3 is 1. The molecule has 0 saturated carbocycles. The first-order valence-corrected chi connectivity index (χ1v) is 6.39.